The Morgan fingerprint density at radius 3 is 1.38 bits per heavy atom. The lowest BCUT2D eigenvalue weighted by atomic mass is 9.83. The fourth-order valence-electron chi connectivity index (χ4n) is 7.38. The molecule has 0 saturated carbocycles. The van der Waals surface area contributed by atoms with E-state index in [2.05, 4.69) is 194 Å². The van der Waals surface area contributed by atoms with Crippen LogP contribution in [0.3, 0.4) is 0 Å². The molecule has 48 heavy (non-hydrogen) atoms. The Hall–Kier alpha value is -6.24. The van der Waals surface area contributed by atoms with Gasteiger partial charge in [-0.3, -0.25) is 0 Å². The second kappa shape index (κ2) is 11.8. The van der Waals surface area contributed by atoms with Crippen LogP contribution in [0.4, 0.5) is 0 Å². The van der Waals surface area contributed by atoms with Crippen LogP contribution < -0.4 is 0 Å². The van der Waals surface area contributed by atoms with E-state index in [1.54, 1.807) is 0 Å². The van der Waals surface area contributed by atoms with Gasteiger partial charge in [-0.2, -0.15) is 0 Å². The highest BCUT2D eigenvalue weighted by molar-refractivity contribution is 6.22. The van der Waals surface area contributed by atoms with Crippen LogP contribution in [0, 0.1) is 0 Å². The molecule has 0 radical (unpaired) electrons. The van der Waals surface area contributed by atoms with E-state index in [-0.39, 0.29) is 0 Å². The number of rotatable bonds is 5. The molecule has 0 heterocycles. The third-order valence-corrected chi connectivity index (χ3v) is 9.65. The van der Waals surface area contributed by atoms with Gasteiger partial charge in [-0.15, -0.1) is 0 Å². The summed E-state index contributed by atoms with van der Waals surface area (Å²) in [4.78, 5) is 0. The van der Waals surface area contributed by atoms with Crippen LogP contribution in [-0.4, -0.2) is 0 Å². The van der Waals surface area contributed by atoms with E-state index in [1.165, 1.54) is 88.0 Å². The van der Waals surface area contributed by atoms with Crippen molar-refractivity contribution in [3.8, 4) is 55.6 Å². The van der Waals surface area contributed by atoms with Crippen LogP contribution >= 0.6 is 0 Å². The molecule has 0 bridgehead atoms. The van der Waals surface area contributed by atoms with E-state index >= 15 is 0 Å². The van der Waals surface area contributed by atoms with Crippen molar-refractivity contribution in [3.05, 3.63) is 194 Å². The minimum atomic E-state index is 1.21. The van der Waals surface area contributed by atoms with Gasteiger partial charge in [-0.05, 0) is 106 Å². The summed E-state index contributed by atoms with van der Waals surface area (Å²) in [6, 6.07) is 70.8. The molecule has 9 aromatic rings. The number of benzene rings is 9. The monoisotopic (exact) mass is 608 g/mol. The molecule has 0 atom stereocenters. The molecule has 0 nitrogen and oxygen atoms in total. The van der Waals surface area contributed by atoms with E-state index < -0.39 is 0 Å². The first-order valence-electron chi connectivity index (χ1n) is 16.6. The molecule has 0 heteroatoms. The quantitative estimate of drug-likeness (QED) is 0.171. The second-order valence-corrected chi connectivity index (χ2v) is 12.5. The van der Waals surface area contributed by atoms with Gasteiger partial charge in [-0.1, -0.05) is 176 Å². The summed E-state index contributed by atoms with van der Waals surface area (Å²) < 4.78 is 0. The molecular weight excluding hydrogens is 577 g/mol. The van der Waals surface area contributed by atoms with E-state index in [4.69, 9.17) is 0 Å². The van der Waals surface area contributed by atoms with Crippen LogP contribution in [-0.2, 0) is 0 Å². The largest absolute Gasteiger partial charge is 0.0622 e. The highest BCUT2D eigenvalue weighted by Gasteiger charge is 2.19. The Morgan fingerprint density at radius 2 is 0.688 bits per heavy atom. The van der Waals surface area contributed by atoms with Crippen LogP contribution in [0.2, 0.25) is 0 Å². The lowest BCUT2D eigenvalue weighted by Crippen LogP contribution is -1.93. The summed E-state index contributed by atoms with van der Waals surface area (Å²) in [5.41, 5.74) is 12.3. The zero-order chi connectivity index (χ0) is 31.9. The molecule has 0 aromatic heterocycles. The van der Waals surface area contributed by atoms with Gasteiger partial charge in [0.05, 0.1) is 0 Å². The fraction of sp³-hybridized carbons (Fsp3) is 0. The summed E-state index contributed by atoms with van der Waals surface area (Å²) in [7, 11) is 0. The van der Waals surface area contributed by atoms with Crippen molar-refractivity contribution in [2.24, 2.45) is 0 Å². The van der Waals surface area contributed by atoms with Gasteiger partial charge in [0.1, 0.15) is 0 Å². The highest BCUT2D eigenvalue weighted by Crippen LogP contribution is 2.46. The van der Waals surface area contributed by atoms with E-state index in [9.17, 15) is 0 Å². The number of hydrogen-bond acceptors (Lipinski definition) is 0. The lowest BCUT2D eigenvalue weighted by molar-refractivity contribution is 1.57. The molecule has 0 amide bonds. The molecule has 0 unspecified atom stereocenters. The average molecular weight is 609 g/mol. The molecule has 0 N–H and O–H groups in total. The van der Waals surface area contributed by atoms with Crippen molar-refractivity contribution in [1.29, 1.82) is 0 Å². The van der Waals surface area contributed by atoms with Crippen molar-refractivity contribution in [1.82, 2.24) is 0 Å². The maximum atomic E-state index is 2.41. The highest BCUT2D eigenvalue weighted by atomic mass is 14.2. The Balaban J connectivity index is 1.38. The molecule has 9 rings (SSSR count). The lowest BCUT2D eigenvalue weighted by Gasteiger charge is -2.20. The molecule has 0 spiro atoms. The van der Waals surface area contributed by atoms with Crippen molar-refractivity contribution in [2.75, 3.05) is 0 Å². The van der Waals surface area contributed by atoms with Crippen molar-refractivity contribution in [2.45, 2.75) is 0 Å². The number of hydrogen-bond donors (Lipinski definition) is 0. The maximum Gasteiger partial charge on any atom is -0.00259 e. The third-order valence-electron chi connectivity index (χ3n) is 9.65. The van der Waals surface area contributed by atoms with Gasteiger partial charge >= 0.3 is 0 Å². The van der Waals surface area contributed by atoms with E-state index in [1.807, 2.05) is 0 Å². The first kappa shape index (κ1) is 28.0. The topological polar surface area (TPSA) is 0 Å². The Bertz CT molecular complexity index is 2580. The van der Waals surface area contributed by atoms with Gasteiger partial charge in [-0.25, -0.2) is 0 Å². The Labute approximate surface area is 281 Å². The smallest absolute Gasteiger partial charge is 0.00259 e. The van der Waals surface area contributed by atoms with Crippen LogP contribution in [0.1, 0.15) is 0 Å². The van der Waals surface area contributed by atoms with Crippen molar-refractivity contribution in [3.63, 3.8) is 0 Å². The van der Waals surface area contributed by atoms with Crippen molar-refractivity contribution >= 4 is 32.3 Å². The second-order valence-electron chi connectivity index (χ2n) is 12.5. The van der Waals surface area contributed by atoms with Crippen LogP contribution in [0.5, 0.6) is 0 Å². The predicted molar refractivity (Wildman–Crippen MR) is 206 cm³/mol. The van der Waals surface area contributed by atoms with Gasteiger partial charge in [0.15, 0.2) is 0 Å². The zero-order valence-electron chi connectivity index (χ0n) is 26.5. The minimum Gasteiger partial charge on any atom is -0.0622 e. The summed E-state index contributed by atoms with van der Waals surface area (Å²) in [5, 5.41) is 7.53. The first-order valence-corrected chi connectivity index (χ1v) is 16.6. The maximum absolute atomic E-state index is 2.41. The molecule has 0 aliphatic carbocycles. The van der Waals surface area contributed by atoms with Crippen LogP contribution in [0.15, 0.2) is 194 Å². The third kappa shape index (κ3) is 4.87. The van der Waals surface area contributed by atoms with Crippen molar-refractivity contribution < 1.29 is 0 Å². The summed E-state index contributed by atoms with van der Waals surface area (Å²) in [5.74, 6) is 0. The van der Waals surface area contributed by atoms with E-state index in [0.29, 0.717) is 0 Å². The number of fused-ring (bicyclic) bond motifs is 3. The minimum absolute atomic E-state index is 1.21. The molecule has 0 aliphatic rings. The molecular formula is C48H32. The fourth-order valence-corrected chi connectivity index (χ4v) is 7.38. The molecule has 0 fully saturated rings. The molecule has 0 saturated heterocycles. The average Bonchev–Trinajstić information content (AvgIpc) is 3.17. The molecule has 9 aromatic carbocycles. The first-order chi connectivity index (χ1) is 23.8. The van der Waals surface area contributed by atoms with Gasteiger partial charge in [0.25, 0.3) is 0 Å². The van der Waals surface area contributed by atoms with Crippen LogP contribution in [0.25, 0.3) is 88.0 Å². The predicted octanol–water partition coefficient (Wildman–Crippen LogP) is 13.5. The van der Waals surface area contributed by atoms with Gasteiger partial charge in [0, 0.05) is 0 Å². The molecule has 224 valence electrons. The van der Waals surface area contributed by atoms with Gasteiger partial charge < -0.3 is 0 Å². The molecule has 0 aliphatic heterocycles. The summed E-state index contributed by atoms with van der Waals surface area (Å²) in [6.45, 7) is 0. The van der Waals surface area contributed by atoms with E-state index in [0.717, 1.165) is 0 Å². The zero-order valence-corrected chi connectivity index (χ0v) is 26.5. The summed E-state index contributed by atoms with van der Waals surface area (Å²) in [6.07, 6.45) is 0. The van der Waals surface area contributed by atoms with Gasteiger partial charge in [0.2, 0.25) is 0 Å². The standard InChI is InChI=1S/C48H32/c1-4-14-33(15-5-1)38-26-29-44-46(31-38)48(40-27-28-41(35-17-6-2-7-18-35)45(32-40)36-19-8-3-9-20-36)43-23-13-12-22-42(43)47(44)39-25-24-34-16-10-11-21-37(34)30-39/h1-32H. The normalized spacial score (nSPS) is 11.3. The Kier molecular flexibility index (Phi) is 6.91. The SMILES string of the molecule is c1ccc(-c2ccc3c(-c4ccc5ccccc5c4)c4ccccc4c(-c4ccc(-c5ccccc5)c(-c5ccccc5)c4)c3c2)cc1. The Morgan fingerprint density at radius 1 is 0.208 bits per heavy atom. The summed E-state index contributed by atoms with van der Waals surface area (Å²) >= 11 is 0.